The number of nitrogens with one attached hydrogen (secondary N) is 3. The second-order valence-corrected chi connectivity index (χ2v) is 17.7. The number of carbonyl (C=O) groups excluding carboxylic acids is 4. The van der Waals surface area contributed by atoms with Crippen molar-refractivity contribution >= 4 is 33.8 Å². The number of alkyl carbamates (subject to hydrolysis) is 1. The van der Waals surface area contributed by atoms with Gasteiger partial charge in [-0.3, -0.25) is 19.1 Å². The first-order valence-corrected chi connectivity index (χ1v) is 20.2. The summed E-state index contributed by atoms with van der Waals surface area (Å²) in [6.07, 6.45) is 8.01. The highest BCUT2D eigenvalue weighted by Gasteiger charge is 2.62. The molecule has 4 amide bonds. The van der Waals surface area contributed by atoms with E-state index in [0.29, 0.717) is 31.6 Å². The number of aromatic nitrogens is 1. The zero-order valence-corrected chi connectivity index (χ0v) is 31.6. The normalized spacial score (nSPS) is 27.1. The number of cyclic esters (lactones) is 1. The average Bonchev–Trinajstić information content (AvgIpc) is 4.05. The van der Waals surface area contributed by atoms with Gasteiger partial charge in [-0.05, 0) is 61.1 Å². The summed E-state index contributed by atoms with van der Waals surface area (Å²) in [4.78, 5) is 61.4. The van der Waals surface area contributed by atoms with Crippen LogP contribution in [0, 0.1) is 11.3 Å². The van der Waals surface area contributed by atoms with Crippen molar-refractivity contribution in [3.8, 4) is 17.0 Å². The number of hydrogen-bond acceptors (Lipinski definition) is 9. The molecule has 4 aliphatic rings. The number of carbonyl (C=O) groups is 4. The smallest absolute Gasteiger partial charge is 0.407 e. The molecular weight excluding hydrogens is 699 g/mol. The van der Waals surface area contributed by atoms with Gasteiger partial charge in [-0.1, -0.05) is 76.4 Å². The maximum atomic E-state index is 14.5. The van der Waals surface area contributed by atoms with Gasteiger partial charge in [0.1, 0.15) is 23.7 Å². The first kappa shape index (κ1) is 38.3. The molecule has 3 fully saturated rings. The standard InChI is InChI=1S/C39H51N5O8S/c1-5-26-23-39(26,36(47)43-53(49,50)28-17-18-28)42-33(45)31-22-27-24-44(31)35(46)32(38(2,3)4)41-37(48)51-21-13-8-6-7-12-16-30-29(19-20-40-34(30)52-27)25-14-10-9-11-15-25/h5,9-11,14-15,19-20,26-28,31-32H,1,6-8,12-13,16-18,21-24H2,2-4H3,(H,41,48)(H,42,45)(H,43,47)/t26-,27+,31-,32+,39-/m0/s1. The highest BCUT2D eigenvalue weighted by atomic mass is 32.2. The highest BCUT2D eigenvalue weighted by Crippen LogP contribution is 2.45. The molecule has 0 spiro atoms. The molecule has 1 aromatic heterocycles. The zero-order chi connectivity index (χ0) is 38.0. The Bertz CT molecular complexity index is 1830. The zero-order valence-electron chi connectivity index (χ0n) is 30.8. The lowest BCUT2D eigenvalue weighted by atomic mass is 9.85. The van der Waals surface area contributed by atoms with Gasteiger partial charge in [0.25, 0.3) is 5.91 Å². The minimum Gasteiger partial charge on any atom is -0.472 e. The molecule has 1 saturated heterocycles. The fraction of sp³-hybridized carbons (Fsp3) is 0.564. The maximum Gasteiger partial charge on any atom is 0.407 e. The van der Waals surface area contributed by atoms with Crippen LogP contribution in [0.3, 0.4) is 0 Å². The number of amides is 4. The van der Waals surface area contributed by atoms with E-state index < -0.39 is 74.1 Å². The molecule has 2 aliphatic heterocycles. The lowest BCUT2D eigenvalue weighted by Gasteiger charge is -2.35. The molecule has 14 heteroatoms. The molecule has 13 nitrogen and oxygen atoms in total. The number of benzene rings is 1. The second kappa shape index (κ2) is 15.5. The van der Waals surface area contributed by atoms with Crippen LogP contribution >= 0.6 is 0 Å². The van der Waals surface area contributed by atoms with E-state index in [1.165, 1.54) is 11.0 Å². The van der Waals surface area contributed by atoms with Crippen LogP contribution in [-0.2, 0) is 35.6 Å². The fourth-order valence-corrected chi connectivity index (χ4v) is 8.69. The third-order valence-electron chi connectivity index (χ3n) is 10.7. The van der Waals surface area contributed by atoms with Gasteiger partial charge in [-0.15, -0.1) is 6.58 Å². The van der Waals surface area contributed by atoms with E-state index in [9.17, 15) is 27.6 Å². The predicted octanol–water partition coefficient (Wildman–Crippen LogP) is 4.41. The Labute approximate surface area is 311 Å². The second-order valence-electron chi connectivity index (χ2n) is 15.8. The summed E-state index contributed by atoms with van der Waals surface area (Å²) in [5, 5.41) is 4.94. The van der Waals surface area contributed by atoms with Gasteiger partial charge in [0.2, 0.25) is 27.7 Å². The summed E-state index contributed by atoms with van der Waals surface area (Å²) in [5.41, 5.74) is 0.635. The van der Waals surface area contributed by atoms with E-state index in [1.807, 2.05) is 57.2 Å². The molecule has 3 N–H and O–H groups in total. The van der Waals surface area contributed by atoms with E-state index in [4.69, 9.17) is 9.47 Å². The SMILES string of the molecule is C=C[C@H]1C[C@@]1(NC(=O)[C@@H]1C[C@@H]2CN1C(=O)[C@H](C(C)(C)C)NC(=O)OCCCCCCCc1c(-c3ccccc3)ccnc1O2)C(=O)NS(=O)(=O)C1CC1. The van der Waals surface area contributed by atoms with Crippen LogP contribution in [0.5, 0.6) is 5.88 Å². The molecule has 53 heavy (non-hydrogen) atoms. The lowest BCUT2D eigenvalue weighted by Crippen LogP contribution is -2.60. The van der Waals surface area contributed by atoms with E-state index in [1.54, 1.807) is 6.20 Å². The van der Waals surface area contributed by atoms with Crippen LogP contribution < -0.4 is 20.1 Å². The van der Waals surface area contributed by atoms with Crippen LogP contribution in [0.25, 0.3) is 11.1 Å². The van der Waals surface area contributed by atoms with Crippen LogP contribution in [0.15, 0.2) is 55.3 Å². The molecule has 286 valence electrons. The molecule has 2 bridgehead atoms. The van der Waals surface area contributed by atoms with Crippen LogP contribution in [-0.4, -0.2) is 84.2 Å². The lowest BCUT2D eigenvalue weighted by molar-refractivity contribution is -0.142. The van der Waals surface area contributed by atoms with Crippen molar-refractivity contribution in [1.82, 2.24) is 25.2 Å². The summed E-state index contributed by atoms with van der Waals surface area (Å²) in [7, 11) is -3.89. The van der Waals surface area contributed by atoms with Crippen molar-refractivity contribution in [2.45, 2.75) is 114 Å². The van der Waals surface area contributed by atoms with Crippen LogP contribution in [0.2, 0.25) is 0 Å². The number of sulfonamides is 1. The van der Waals surface area contributed by atoms with Crippen LogP contribution in [0.4, 0.5) is 4.79 Å². The van der Waals surface area contributed by atoms with Gasteiger partial charge in [0.15, 0.2) is 0 Å². The Morgan fingerprint density at radius 2 is 1.77 bits per heavy atom. The Morgan fingerprint density at radius 1 is 1.06 bits per heavy atom. The summed E-state index contributed by atoms with van der Waals surface area (Å²) >= 11 is 0. The monoisotopic (exact) mass is 749 g/mol. The number of rotatable bonds is 7. The van der Waals surface area contributed by atoms with Gasteiger partial charge >= 0.3 is 6.09 Å². The Morgan fingerprint density at radius 3 is 2.45 bits per heavy atom. The van der Waals surface area contributed by atoms with Gasteiger partial charge in [-0.2, -0.15) is 0 Å². The van der Waals surface area contributed by atoms with Crippen molar-refractivity contribution in [3.63, 3.8) is 0 Å². The van der Waals surface area contributed by atoms with Gasteiger partial charge in [0.05, 0.1) is 18.4 Å². The highest BCUT2D eigenvalue weighted by molar-refractivity contribution is 7.91. The minimum atomic E-state index is -3.89. The summed E-state index contributed by atoms with van der Waals surface area (Å²) in [5.74, 6) is -2.06. The number of nitrogens with zero attached hydrogens (tertiary/aromatic N) is 2. The van der Waals surface area contributed by atoms with Crippen molar-refractivity contribution in [1.29, 1.82) is 0 Å². The van der Waals surface area contributed by atoms with Crippen LogP contribution in [0.1, 0.15) is 84.1 Å². The number of pyridine rings is 1. The molecule has 0 radical (unpaired) electrons. The van der Waals surface area contributed by atoms with Gasteiger partial charge in [-0.25, -0.2) is 18.2 Å². The van der Waals surface area contributed by atoms with Crippen molar-refractivity contribution in [2.75, 3.05) is 13.2 Å². The van der Waals surface area contributed by atoms with Gasteiger partial charge in [0, 0.05) is 24.1 Å². The fourth-order valence-electron chi connectivity index (χ4n) is 7.33. The average molecular weight is 750 g/mol. The third-order valence-corrected chi connectivity index (χ3v) is 12.5. The molecule has 2 aromatic rings. The summed E-state index contributed by atoms with van der Waals surface area (Å²) in [6, 6.07) is 9.77. The molecule has 6 rings (SSSR count). The van der Waals surface area contributed by atoms with Crippen molar-refractivity contribution in [3.05, 3.63) is 60.8 Å². The van der Waals surface area contributed by atoms with E-state index in [-0.39, 0.29) is 26.0 Å². The molecule has 5 atom stereocenters. The Balaban J connectivity index is 1.33. The predicted molar refractivity (Wildman–Crippen MR) is 198 cm³/mol. The largest absolute Gasteiger partial charge is 0.472 e. The Hall–Kier alpha value is -4.46. The van der Waals surface area contributed by atoms with E-state index in [0.717, 1.165) is 42.4 Å². The summed E-state index contributed by atoms with van der Waals surface area (Å²) < 4.78 is 39.7. The number of ether oxygens (including phenoxy) is 2. The molecule has 2 aliphatic carbocycles. The van der Waals surface area contributed by atoms with E-state index in [2.05, 4.69) is 26.9 Å². The first-order valence-electron chi connectivity index (χ1n) is 18.7. The molecule has 3 heterocycles. The molecular formula is C39H51N5O8S. The number of hydrogen-bond donors (Lipinski definition) is 3. The molecule has 0 unspecified atom stereocenters. The van der Waals surface area contributed by atoms with Crippen molar-refractivity contribution in [2.24, 2.45) is 11.3 Å². The minimum absolute atomic E-state index is 0.00292. The summed E-state index contributed by atoms with van der Waals surface area (Å²) in [6.45, 7) is 9.42. The molecule has 1 aromatic carbocycles. The third kappa shape index (κ3) is 8.69. The topological polar surface area (TPSA) is 173 Å². The Kier molecular flexibility index (Phi) is 11.2. The molecule has 2 saturated carbocycles. The first-order chi connectivity index (χ1) is 25.2. The quantitative estimate of drug-likeness (QED) is 0.347. The van der Waals surface area contributed by atoms with Gasteiger partial charge < -0.3 is 25.0 Å². The maximum absolute atomic E-state index is 14.5. The van der Waals surface area contributed by atoms with E-state index >= 15 is 0 Å². The number of fused-ring (bicyclic) bond motifs is 3. The van der Waals surface area contributed by atoms with Crippen molar-refractivity contribution < 1.29 is 37.1 Å².